The summed E-state index contributed by atoms with van der Waals surface area (Å²) in [6, 6.07) is 4.13. The molecule has 0 saturated carbocycles. The molecule has 4 rings (SSSR count). The van der Waals surface area contributed by atoms with E-state index < -0.39 is 30.4 Å². The van der Waals surface area contributed by atoms with E-state index in [9.17, 15) is 19.8 Å². The molecule has 10 nitrogen and oxygen atoms in total. The normalized spacial score (nSPS) is 14.8. The van der Waals surface area contributed by atoms with Gasteiger partial charge in [0.2, 0.25) is 0 Å². The van der Waals surface area contributed by atoms with Gasteiger partial charge < -0.3 is 39.0 Å². The monoisotopic (exact) mass is 370 g/mol. The van der Waals surface area contributed by atoms with E-state index in [0.717, 1.165) is 24.3 Å². The first-order chi connectivity index (χ1) is 11.8. The third-order valence-electron chi connectivity index (χ3n) is 3.63. The van der Waals surface area contributed by atoms with Crippen molar-refractivity contribution in [2.24, 2.45) is 0 Å². The molecule has 0 saturated heterocycles. The number of carbonyl (C=O) groups is 2. The Hall–Kier alpha value is -2.76. The van der Waals surface area contributed by atoms with Crippen molar-refractivity contribution in [3.63, 3.8) is 0 Å². The zero-order valence-electron chi connectivity index (χ0n) is 13.1. The number of fused-ring (bicyclic) bond motifs is 2. The smallest absolute Gasteiger partial charge is 0.609 e. The summed E-state index contributed by atoms with van der Waals surface area (Å²) in [5.74, 6) is -4.27. The van der Waals surface area contributed by atoms with Crippen LogP contribution >= 0.6 is 0 Å². The van der Waals surface area contributed by atoms with E-state index in [1.54, 1.807) is 0 Å². The maximum Gasteiger partial charge on any atom is 1.00 e. The topological polar surface area (TPSA) is 152 Å². The number of carboxylic acid groups (broad SMARTS) is 2. The largest absolute Gasteiger partial charge is 1.00 e. The van der Waals surface area contributed by atoms with Crippen LogP contribution in [0.1, 0.15) is 20.7 Å². The molecule has 2 aliphatic rings. The van der Waals surface area contributed by atoms with Gasteiger partial charge in [-0.25, -0.2) is 9.59 Å². The van der Waals surface area contributed by atoms with E-state index in [4.69, 9.17) is 28.8 Å². The van der Waals surface area contributed by atoms with Crippen LogP contribution in [0, 0.1) is 0 Å². The molecule has 128 valence electrons. The second kappa shape index (κ2) is 5.90. The maximum absolute atomic E-state index is 11.0. The Labute approximate surface area is 166 Å². The summed E-state index contributed by atoms with van der Waals surface area (Å²) < 4.78 is 21.5. The molecular weight excluding hydrogens is 362 g/mol. The molecule has 0 radical (unpaired) electrons. The van der Waals surface area contributed by atoms with Crippen LogP contribution in [0.3, 0.4) is 0 Å². The molecule has 0 bridgehead atoms. The fourth-order valence-corrected chi connectivity index (χ4v) is 2.58. The van der Waals surface area contributed by atoms with Gasteiger partial charge in [-0.15, -0.1) is 0 Å². The van der Waals surface area contributed by atoms with Gasteiger partial charge in [0.15, 0.2) is 23.0 Å². The van der Waals surface area contributed by atoms with Crippen LogP contribution in [0.2, 0.25) is 0 Å². The molecule has 2 aliphatic heterocycles. The third kappa shape index (κ3) is 2.66. The number of hydrogen-bond donors (Lipinski definition) is 4. The fraction of sp³-hybridized carbons (Fsp3) is 0. The van der Waals surface area contributed by atoms with Crippen LogP contribution < -0.4 is 48.2 Å². The van der Waals surface area contributed by atoms with Gasteiger partial charge in [-0.05, 0) is 24.3 Å². The number of hydrogen-bond acceptors (Lipinski definition) is 8. The van der Waals surface area contributed by atoms with Gasteiger partial charge in [-0.2, -0.15) is 0 Å². The molecule has 0 aromatic heterocycles. The van der Waals surface area contributed by atoms with Gasteiger partial charge >= 0.3 is 48.5 Å². The summed E-state index contributed by atoms with van der Waals surface area (Å²) >= 11 is 0. The zero-order chi connectivity index (χ0) is 17.9. The van der Waals surface area contributed by atoms with Crippen molar-refractivity contribution in [1.29, 1.82) is 0 Å². The Balaban J connectivity index is 0.00000196. The second-order valence-electron chi connectivity index (χ2n) is 5.30. The minimum Gasteiger partial charge on any atom is -0.609 e. The molecule has 0 aliphatic carbocycles. The quantitative estimate of drug-likeness (QED) is 0.445. The van der Waals surface area contributed by atoms with Crippen LogP contribution in [0.15, 0.2) is 24.3 Å². The molecule has 2 aromatic carbocycles. The minimum absolute atomic E-state index is 0. The fourth-order valence-electron chi connectivity index (χ4n) is 2.58. The summed E-state index contributed by atoms with van der Waals surface area (Å²) in [5.41, 5.74) is -0.501. The molecule has 0 fully saturated rings. The number of benzene rings is 2. The standard InChI is InChI=1S/C14H8BO10.Na/c16-7-1-5(13(18)19)3-9-11(7)24-15(22-9)23-10-4-6(14(20)21)2-8(17)12(10)25-15;/h1-4,16-17H,(H,18,19)(H,20,21);/q-1;+1. The van der Waals surface area contributed by atoms with E-state index in [-0.39, 0.29) is 63.7 Å². The van der Waals surface area contributed by atoms with Crippen molar-refractivity contribution in [3.05, 3.63) is 35.4 Å². The average Bonchev–Trinajstić information content (AvgIpc) is 3.07. The van der Waals surface area contributed by atoms with Crippen LogP contribution in [0.25, 0.3) is 0 Å². The van der Waals surface area contributed by atoms with E-state index in [1.807, 2.05) is 0 Å². The van der Waals surface area contributed by atoms with Gasteiger partial charge in [-0.3, -0.25) is 0 Å². The Morgan fingerprint density at radius 3 is 1.46 bits per heavy atom. The van der Waals surface area contributed by atoms with E-state index in [1.165, 1.54) is 0 Å². The van der Waals surface area contributed by atoms with Gasteiger partial charge in [0.25, 0.3) is 0 Å². The predicted octanol–water partition coefficient (Wildman–Crippen LogP) is -1.82. The number of rotatable bonds is 2. The van der Waals surface area contributed by atoms with Crippen molar-refractivity contribution in [3.8, 4) is 34.5 Å². The van der Waals surface area contributed by atoms with Crippen molar-refractivity contribution in [1.82, 2.24) is 0 Å². The minimum atomic E-state index is -3.02. The molecule has 0 unspecified atom stereocenters. The SMILES string of the molecule is O=C(O)c1cc(O)c2c(c1)O[B-]1(Oc3cc(C(=O)O)cc(O)c3O1)O2.[Na+]. The molecule has 1 spiro atoms. The Morgan fingerprint density at radius 2 is 1.12 bits per heavy atom. The Morgan fingerprint density at radius 1 is 0.731 bits per heavy atom. The first kappa shape index (κ1) is 18.0. The number of phenols is 2. The van der Waals surface area contributed by atoms with Crippen LogP contribution in [-0.2, 0) is 0 Å². The van der Waals surface area contributed by atoms with Gasteiger partial charge in [0.05, 0.1) is 11.1 Å². The molecule has 0 amide bonds. The van der Waals surface area contributed by atoms with Crippen molar-refractivity contribution < 1.29 is 78.2 Å². The molecule has 2 heterocycles. The van der Waals surface area contributed by atoms with Crippen molar-refractivity contribution in [2.45, 2.75) is 0 Å². The first-order valence-electron chi connectivity index (χ1n) is 6.87. The summed E-state index contributed by atoms with van der Waals surface area (Å²) in [6.45, 7) is -3.02. The molecule has 26 heavy (non-hydrogen) atoms. The Bertz CT molecular complexity index is 882. The first-order valence-corrected chi connectivity index (χ1v) is 6.87. The van der Waals surface area contributed by atoms with Crippen molar-refractivity contribution in [2.75, 3.05) is 0 Å². The van der Waals surface area contributed by atoms with Gasteiger partial charge in [0, 0.05) is 0 Å². The number of phenolic OH excluding ortho intramolecular Hbond substituents is 2. The van der Waals surface area contributed by atoms with Crippen LogP contribution in [0.4, 0.5) is 0 Å². The summed E-state index contributed by atoms with van der Waals surface area (Å²) in [7, 11) is 0. The second-order valence-corrected chi connectivity index (χ2v) is 5.30. The summed E-state index contributed by atoms with van der Waals surface area (Å²) in [6.07, 6.45) is 0. The van der Waals surface area contributed by atoms with E-state index in [0.29, 0.717) is 0 Å². The third-order valence-corrected chi connectivity index (χ3v) is 3.63. The molecule has 12 heteroatoms. The average molecular weight is 370 g/mol. The molecule has 2 aromatic rings. The van der Waals surface area contributed by atoms with Crippen LogP contribution in [0.5, 0.6) is 34.5 Å². The molecule has 4 N–H and O–H groups in total. The maximum atomic E-state index is 11.0. The summed E-state index contributed by atoms with van der Waals surface area (Å²) in [4.78, 5) is 22.1. The molecular formula is C14H8BNaO10. The van der Waals surface area contributed by atoms with E-state index >= 15 is 0 Å². The number of aromatic hydroxyl groups is 2. The van der Waals surface area contributed by atoms with Crippen molar-refractivity contribution >= 4 is 18.9 Å². The van der Waals surface area contributed by atoms with Gasteiger partial charge in [0.1, 0.15) is 11.5 Å². The number of aromatic carboxylic acids is 2. The van der Waals surface area contributed by atoms with E-state index in [2.05, 4.69) is 0 Å². The molecule has 0 atom stereocenters. The summed E-state index contributed by atoms with van der Waals surface area (Å²) in [5, 5.41) is 37.8. The van der Waals surface area contributed by atoms with Gasteiger partial charge in [-0.1, -0.05) is 0 Å². The predicted molar refractivity (Wildman–Crippen MR) is 78.4 cm³/mol. The zero-order valence-corrected chi connectivity index (χ0v) is 15.1. The number of carboxylic acids is 2. The Kier molecular flexibility index (Phi) is 4.10. The van der Waals surface area contributed by atoms with Crippen LogP contribution in [-0.4, -0.2) is 39.3 Å².